The molecule has 2 aliphatic heterocycles. The van der Waals surface area contributed by atoms with Crippen molar-refractivity contribution in [3.8, 4) is 0 Å². The van der Waals surface area contributed by atoms with E-state index in [1.165, 1.54) is 5.01 Å². The van der Waals surface area contributed by atoms with Crippen LogP contribution in [0.1, 0.15) is 11.1 Å². The fourth-order valence-corrected chi connectivity index (χ4v) is 3.62. The van der Waals surface area contributed by atoms with Crippen molar-refractivity contribution in [2.24, 2.45) is 10.3 Å². The SMILES string of the molecule is Cc1ccc(N2C(=O)[C@H]3N=NN(CC(=O)Nc4ccc(Br)cc4)[C@@H]3C2=O)cc1C. The minimum Gasteiger partial charge on any atom is -0.324 e. The van der Waals surface area contributed by atoms with Gasteiger partial charge in [-0.15, -0.1) is 0 Å². The molecule has 0 bridgehead atoms. The van der Waals surface area contributed by atoms with Gasteiger partial charge >= 0.3 is 0 Å². The van der Waals surface area contributed by atoms with Gasteiger partial charge in [-0.2, -0.15) is 5.11 Å². The standard InChI is InChI=1S/C20H18BrN5O3/c1-11-3-8-15(9-12(11)2)26-19(28)17-18(20(26)29)25(24-23-17)10-16(27)22-14-6-4-13(21)5-7-14/h3-9,17-18H,10H2,1-2H3,(H,22,27)/t17-,18-/m0/s1. The Morgan fingerprint density at radius 1 is 1.07 bits per heavy atom. The van der Waals surface area contributed by atoms with Crippen LogP contribution in [0.5, 0.6) is 0 Å². The molecular weight excluding hydrogens is 438 g/mol. The summed E-state index contributed by atoms with van der Waals surface area (Å²) in [5.41, 5.74) is 3.18. The average Bonchev–Trinajstić information content (AvgIpc) is 3.20. The number of carbonyl (C=O) groups is 3. The first-order valence-electron chi connectivity index (χ1n) is 9.03. The van der Waals surface area contributed by atoms with E-state index in [0.29, 0.717) is 11.4 Å². The van der Waals surface area contributed by atoms with E-state index in [1.54, 1.807) is 24.3 Å². The number of rotatable bonds is 4. The number of imide groups is 1. The Hall–Kier alpha value is -3.07. The van der Waals surface area contributed by atoms with E-state index in [-0.39, 0.29) is 12.5 Å². The summed E-state index contributed by atoms with van der Waals surface area (Å²) in [6.45, 7) is 3.70. The first-order valence-corrected chi connectivity index (χ1v) is 9.82. The van der Waals surface area contributed by atoms with Crippen LogP contribution >= 0.6 is 15.9 Å². The molecule has 2 heterocycles. The summed E-state index contributed by atoms with van der Waals surface area (Å²) in [6, 6.07) is 10.7. The molecule has 148 valence electrons. The highest BCUT2D eigenvalue weighted by Crippen LogP contribution is 2.32. The van der Waals surface area contributed by atoms with Gasteiger partial charge in [0.2, 0.25) is 5.91 Å². The third-order valence-corrected chi connectivity index (χ3v) is 5.57. The molecule has 0 spiro atoms. The van der Waals surface area contributed by atoms with Crippen LogP contribution in [0.4, 0.5) is 11.4 Å². The molecule has 9 heteroatoms. The molecule has 0 saturated carbocycles. The predicted octanol–water partition coefficient (Wildman–Crippen LogP) is 3.00. The van der Waals surface area contributed by atoms with Gasteiger partial charge in [-0.1, -0.05) is 27.2 Å². The second kappa shape index (κ2) is 7.40. The Balaban J connectivity index is 1.49. The van der Waals surface area contributed by atoms with Crippen molar-refractivity contribution in [2.75, 3.05) is 16.8 Å². The van der Waals surface area contributed by atoms with Crippen molar-refractivity contribution in [3.63, 3.8) is 0 Å². The molecule has 0 radical (unpaired) electrons. The summed E-state index contributed by atoms with van der Waals surface area (Å²) in [4.78, 5) is 39.3. The van der Waals surface area contributed by atoms with Crippen LogP contribution in [0.25, 0.3) is 0 Å². The lowest BCUT2D eigenvalue weighted by Gasteiger charge is -2.20. The maximum Gasteiger partial charge on any atom is 0.263 e. The first kappa shape index (κ1) is 19.3. The topological polar surface area (TPSA) is 94.4 Å². The molecule has 2 aromatic rings. The molecule has 0 unspecified atom stereocenters. The Morgan fingerprint density at radius 3 is 2.48 bits per heavy atom. The Kier molecular flexibility index (Phi) is 4.91. The number of fused-ring (bicyclic) bond motifs is 1. The van der Waals surface area contributed by atoms with Crippen molar-refractivity contribution in [1.82, 2.24) is 5.01 Å². The van der Waals surface area contributed by atoms with E-state index >= 15 is 0 Å². The zero-order valence-corrected chi connectivity index (χ0v) is 17.4. The molecule has 29 heavy (non-hydrogen) atoms. The summed E-state index contributed by atoms with van der Waals surface area (Å²) in [6.07, 6.45) is 0. The van der Waals surface area contributed by atoms with Gasteiger partial charge in [0.15, 0.2) is 12.1 Å². The number of amides is 3. The summed E-state index contributed by atoms with van der Waals surface area (Å²) >= 11 is 3.34. The monoisotopic (exact) mass is 455 g/mol. The maximum atomic E-state index is 13.0. The fourth-order valence-electron chi connectivity index (χ4n) is 3.35. The molecule has 2 aliphatic rings. The lowest BCUT2D eigenvalue weighted by Crippen LogP contribution is -2.43. The van der Waals surface area contributed by atoms with E-state index < -0.39 is 23.9 Å². The molecule has 1 N–H and O–H groups in total. The summed E-state index contributed by atoms with van der Waals surface area (Å²) < 4.78 is 0.896. The predicted molar refractivity (Wildman–Crippen MR) is 110 cm³/mol. The van der Waals surface area contributed by atoms with Gasteiger partial charge in [0.05, 0.1) is 5.69 Å². The van der Waals surface area contributed by atoms with E-state index in [0.717, 1.165) is 20.5 Å². The normalized spacial score (nSPS) is 20.4. The van der Waals surface area contributed by atoms with Crippen molar-refractivity contribution >= 4 is 45.0 Å². The molecule has 0 aromatic heterocycles. The second-order valence-electron chi connectivity index (χ2n) is 7.03. The third kappa shape index (κ3) is 3.53. The lowest BCUT2D eigenvalue weighted by molar-refractivity contribution is -0.123. The number of benzene rings is 2. The van der Waals surface area contributed by atoms with Crippen LogP contribution in [0, 0.1) is 13.8 Å². The van der Waals surface area contributed by atoms with Crippen molar-refractivity contribution in [2.45, 2.75) is 25.9 Å². The molecule has 8 nitrogen and oxygen atoms in total. The molecular formula is C20H18BrN5O3. The van der Waals surface area contributed by atoms with Gasteiger partial charge in [0.25, 0.3) is 11.8 Å². The van der Waals surface area contributed by atoms with Gasteiger partial charge in [0, 0.05) is 10.2 Å². The van der Waals surface area contributed by atoms with E-state index in [4.69, 9.17) is 0 Å². The minimum atomic E-state index is -0.926. The van der Waals surface area contributed by atoms with E-state index in [2.05, 4.69) is 31.6 Å². The van der Waals surface area contributed by atoms with Crippen LogP contribution < -0.4 is 10.2 Å². The number of halogens is 1. The molecule has 2 atom stereocenters. The van der Waals surface area contributed by atoms with Crippen molar-refractivity contribution in [3.05, 3.63) is 58.1 Å². The Bertz CT molecular complexity index is 1040. The number of carbonyl (C=O) groups excluding carboxylic acids is 3. The van der Waals surface area contributed by atoms with E-state index in [1.807, 2.05) is 32.0 Å². The summed E-state index contributed by atoms with van der Waals surface area (Å²) in [5, 5.41) is 11.9. The number of nitrogens with zero attached hydrogens (tertiary/aromatic N) is 4. The smallest absolute Gasteiger partial charge is 0.263 e. The molecule has 1 saturated heterocycles. The zero-order valence-electron chi connectivity index (χ0n) is 15.8. The van der Waals surface area contributed by atoms with Gasteiger partial charge in [-0.3, -0.25) is 19.4 Å². The number of nitrogens with one attached hydrogen (secondary N) is 1. The van der Waals surface area contributed by atoms with Crippen LogP contribution in [0.15, 0.2) is 57.3 Å². The molecule has 3 amide bonds. The van der Waals surface area contributed by atoms with Crippen LogP contribution in [-0.2, 0) is 14.4 Å². The Morgan fingerprint density at radius 2 is 1.79 bits per heavy atom. The van der Waals surface area contributed by atoms with E-state index in [9.17, 15) is 14.4 Å². The zero-order chi connectivity index (χ0) is 20.7. The second-order valence-corrected chi connectivity index (χ2v) is 7.94. The quantitative estimate of drug-likeness (QED) is 0.716. The van der Waals surface area contributed by atoms with Crippen LogP contribution in [0.2, 0.25) is 0 Å². The molecule has 1 fully saturated rings. The fraction of sp³-hybridized carbons (Fsp3) is 0.250. The highest BCUT2D eigenvalue weighted by Gasteiger charge is 2.55. The van der Waals surface area contributed by atoms with Crippen molar-refractivity contribution < 1.29 is 14.4 Å². The molecule has 4 rings (SSSR count). The van der Waals surface area contributed by atoms with Crippen LogP contribution in [-0.4, -0.2) is 41.4 Å². The van der Waals surface area contributed by atoms with Crippen molar-refractivity contribution in [1.29, 1.82) is 0 Å². The highest BCUT2D eigenvalue weighted by atomic mass is 79.9. The molecule has 0 aliphatic carbocycles. The lowest BCUT2D eigenvalue weighted by atomic mass is 10.1. The van der Waals surface area contributed by atoms with Gasteiger partial charge in [0.1, 0.15) is 6.54 Å². The summed E-state index contributed by atoms with van der Waals surface area (Å²) in [7, 11) is 0. The Labute approximate surface area is 175 Å². The first-order chi connectivity index (χ1) is 13.8. The number of hydrogen-bond donors (Lipinski definition) is 1. The van der Waals surface area contributed by atoms with Gasteiger partial charge in [-0.05, 0) is 61.4 Å². The summed E-state index contributed by atoms with van der Waals surface area (Å²) in [5.74, 6) is -1.20. The maximum absolute atomic E-state index is 13.0. The number of aryl methyl sites for hydroxylation is 2. The third-order valence-electron chi connectivity index (χ3n) is 5.04. The van der Waals surface area contributed by atoms with Crippen LogP contribution in [0.3, 0.4) is 0 Å². The molecule has 2 aromatic carbocycles. The largest absolute Gasteiger partial charge is 0.324 e. The average molecular weight is 456 g/mol. The van der Waals surface area contributed by atoms with Gasteiger partial charge < -0.3 is 5.32 Å². The minimum absolute atomic E-state index is 0.180. The highest BCUT2D eigenvalue weighted by molar-refractivity contribution is 9.10. The number of hydrogen-bond acceptors (Lipinski definition) is 6. The number of anilines is 2. The van der Waals surface area contributed by atoms with Gasteiger partial charge in [-0.25, -0.2) is 4.90 Å².